The summed E-state index contributed by atoms with van der Waals surface area (Å²) in [5.74, 6) is -0.808. The fourth-order valence-electron chi connectivity index (χ4n) is 1.24. The van der Waals surface area contributed by atoms with Crippen molar-refractivity contribution < 1.29 is 9.18 Å². The van der Waals surface area contributed by atoms with Crippen LogP contribution in [0.4, 0.5) is 4.39 Å². The average Bonchev–Trinajstić information content (AvgIpc) is 2.13. The molecule has 0 aromatic heterocycles. The lowest BCUT2D eigenvalue weighted by Crippen LogP contribution is -2.20. The molecule has 1 aromatic rings. The van der Waals surface area contributed by atoms with Crippen LogP contribution in [0.5, 0.6) is 0 Å². The Kier molecular flexibility index (Phi) is 3.61. The molecule has 0 aliphatic rings. The van der Waals surface area contributed by atoms with Crippen molar-refractivity contribution in [3.63, 3.8) is 0 Å². The van der Waals surface area contributed by atoms with Gasteiger partial charge in [0.2, 0.25) is 0 Å². The highest BCUT2D eigenvalue weighted by Gasteiger charge is 2.15. The summed E-state index contributed by atoms with van der Waals surface area (Å²) in [6.07, 6.45) is 0. The smallest absolute Gasteiger partial charge is 0.179 e. The van der Waals surface area contributed by atoms with Gasteiger partial charge in [-0.3, -0.25) is 4.79 Å². The second kappa shape index (κ2) is 4.53. The summed E-state index contributed by atoms with van der Waals surface area (Å²) >= 11 is 5.79. The van der Waals surface area contributed by atoms with Crippen molar-refractivity contribution in [3.8, 4) is 0 Å². The van der Waals surface area contributed by atoms with Crippen LogP contribution in [-0.4, -0.2) is 19.4 Å². The van der Waals surface area contributed by atoms with Crippen LogP contribution in [0.25, 0.3) is 0 Å². The Balaban J connectivity index is 3.18. The zero-order chi connectivity index (χ0) is 10.7. The van der Waals surface area contributed by atoms with Crippen molar-refractivity contribution in [2.24, 2.45) is 0 Å². The number of hydrogen-bond acceptors (Lipinski definition) is 2. The molecule has 0 spiro atoms. The molecule has 0 amide bonds. The first-order valence-electron chi connectivity index (χ1n) is 4.20. The maximum atomic E-state index is 13.3. The molecule has 1 N–H and O–H groups in total. The van der Waals surface area contributed by atoms with E-state index in [0.717, 1.165) is 0 Å². The van der Waals surface area contributed by atoms with Gasteiger partial charge in [0, 0.05) is 5.02 Å². The fraction of sp³-hybridized carbons (Fsp3) is 0.300. The third-order valence-corrected chi connectivity index (χ3v) is 2.37. The van der Waals surface area contributed by atoms with Gasteiger partial charge in [-0.25, -0.2) is 4.39 Å². The van der Waals surface area contributed by atoms with Crippen LogP contribution >= 0.6 is 11.6 Å². The number of hydrogen-bond donors (Lipinski definition) is 1. The largest absolute Gasteiger partial charge is 0.313 e. The van der Waals surface area contributed by atoms with Crippen molar-refractivity contribution in [3.05, 3.63) is 34.1 Å². The van der Waals surface area contributed by atoms with E-state index < -0.39 is 5.82 Å². The van der Waals surface area contributed by atoms with Crippen LogP contribution in [-0.2, 0) is 0 Å². The number of nitrogens with one attached hydrogen (secondary N) is 1. The topological polar surface area (TPSA) is 29.1 Å². The van der Waals surface area contributed by atoms with Gasteiger partial charge in [0.1, 0.15) is 5.82 Å². The van der Waals surface area contributed by atoms with Crippen LogP contribution in [0.2, 0.25) is 5.02 Å². The molecule has 0 heterocycles. The maximum Gasteiger partial charge on any atom is 0.179 e. The van der Waals surface area contributed by atoms with Crippen molar-refractivity contribution in [2.75, 3.05) is 13.6 Å². The SMILES string of the molecule is CNCC(=O)c1c(F)ccc(Cl)c1C. The molecule has 4 heteroatoms. The molecule has 0 aliphatic carbocycles. The number of carbonyl (C=O) groups excluding carboxylic acids is 1. The lowest BCUT2D eigenvalue weighted by atomic mass is 10.0. The van der Waals surface area contributed by atoms with Crippen molar-refractivity contribution in [1.29, 1.82) is 0 Å². The Labute approximate surface area is 87.1 Å². The lowest BCUT2D eigenvalue weighted by Gasteiger charge is -2.07. The first-order valence-corrected chi connectivity index (χ1v) is 4.58. The number of halogens is 2. The van der Waals surface area contributed by atoms with E-state index in [0.29, 0.717) is 10.6 Å². The second-order valence-corrected chi connectivity index (χ2v) is 3.39. The molecule has 0 bridgehead atoms. The van der Waals surface area contributed by atoms with E-state index in [1.807, 2.05) is 0 Å². The zero-order valence-corrected chi connectivity index (χ0v) is 8.78. The third kappa shape index (κ3) is 2.11. The summed E-state index contributed by atoms with van der Waals surface area (Å²) in [6, 6.07) is 2.65. The number of rotatable bonds is 3. The number of Topliss-reactive ketones (excluding diaryl/α,β-unsaturated/α-hetero) is 1. The lowest BCUT2D eigenvalue weighted by molar-refractivity contribution is 0.0989. The molecule has 2 nitrogen and oxygen atoms in total. The minimum Gasteiger partial charge on any atom is -0.313 e. The van der Waals surface area contributed by atoms with Gasteiger partial charge >= 0.3 is 0 Å². The first-order chi connectivity index (χ1) is 6.57. The monoisotopic (exact) mass is 215 g/mol. The van der Waals surface area contributed by atoms with Crippen LogP contribution < -0.4 is 5.32 Å². The number of benzene rings is 1. The van der Waals surface area contributed by atoms with Crippen LogP contribution in [0.15, 0.2) is 12.1 Å². The van der Waals surface area contributed by atoms with Gasteiger partial charge in [-0.1, -0.05) is 11.6 Å². The molecule has 1 rings (SSSR count). The summed E-state index contributed by atoms with van der Waals surface area (Å²) in [4.78, 5) is 11.5. The molecule has 1 aromatic carbocycles. The van der Waals surface area contributed by atoms with Gasteiger partial charge < -0.3 is 5.32 Å². The summed E-state index contributed by atoms with van der Waals surface area (Å²) in [6.45, 7) is 1.74. The summed E-state index contributed by atoms with van der Waals surface area (Å²) in [7, 11) is 1.63. The van der Waals surface area contributed by atoms with Crippen LogP contribution in [0, 0.1) is 12.7 Å². The van der Waals surface area contributed by atoms with Crippen molar-refractivity contribution >= 4 is 17.4 Å². The normalized spacial score (nSPS) is 10.3. The zero-order valence-electron chi connectivity index (χ0n) is 8.03. The van der Waals surface area contributed by atoms with Gasteiger partial charge in [-0.05, 0) is 31.7 Å². The highest BCUT2D eigenvalue weighted by Crippen LogP contribution is 2.21. The Morgan fingerprint density at radius 3 is 2.79 bits per heavy atom. The maximum absolute atomic E-state index is 13.3. The van der Waals surface area contributed by atoms with E-state index in [2.05, 4.69) is 5.32 Å². The van der Waals surface area contributed by atoms with E-state index in [4.69, 9.17) is 11.6 Å². The molecular weight excluding hydrogens is 205 g/mol. The highest BCUT2D eigenvalue weighted by atomic mass is 35.5. The van der Waals surface area contributed by atoms with E-state index in [1.54, 1.807) is 14.0 Å². The quantitative estimate of drug-likeness (QED) is 0.784. The molecule has 0 saturated carbocycles. The van der Waals surface area contributed by atoms with Gasteiger partial charge in [0.05, 0.1) is 12.1 Å². The standard InChI is InChI=1S/C10H11ClFNO/c1-6-7(11)3-4-8(12)10(6)9(14)5-13-2/h3-4,13H,5H2,1-2H3. The predicted molar refractivity (Wildman–Crippen MR) is 54.4 cm³/mol. The molecule has 0 unspecified atom stereocenters. The van der Waals surface area contributed by atoms with Crippen molar-refractivity contribution in [1.82, 2.24) is 5.32 Å². The predicted octanol–water partition coefficient (Wildman–Crippen LogP) is 2.19. The van der Waals surface area contributed by atoms with E-state index >= 15 is 0 Å². The summed E-state index contributed by atoms with van der Waals surface area (Å²) in [5.41, 5.74) is 0.568. The Morgan fingerprint density at radius 2 is 2.21 bits per heavy atom. The molecule has 0 fully saturated rings. The van der Waals surface area contributed by atoms with Gasteiger partial charge in [-0.15, -0.1) is 0 Å². The highest BCUT2D eigenvalue weighted by molar-refractivity contribution is 6.31. The van der Waals surface area contributed by atoms with Crippen LogP contribution in [0.3, 0.4) is 0 Å². The minimum absolute atomic E-state index is 0.0758. The fourth-order valence-corrected chi connectivity index (χ4v) is 1.40. The van der Waals surface area contributed by atoms with Gasteiger partial charge in [0.25, 0.3) is 0 Å². The van der Waals surface area contributed by atoms with E-state index in [-0.39, 0.29) is 17.9 Å². The molecular formula is C10H11ClFNO. The molecule has 0 aliphatic heterocycles. The second-order valence-electron chi connectivity index (χ2n) is 2.98. The molecule has 0 atom stereocenters. The number of likely N-dealkylation sites (N-methyl/N-ethyl adjacent to an activating group) is 1. The van der Waals surface area contributed by atoms with Crippen LogP contribution in [0.1, 0.15) is 15.9 Å². The first kappa shape index (κ1) is 11.1. The Morgan fingerprint density at radius 1 is 1.57 bits per heavy atom. The summed E-state index contributed by atoms with van der Waals surface area (Å²) in [5, 5.41) is 3.09. The van der Waals surface area contributed by atoms with Gasteiger partial charge in [-0.2, -0.15) is 0 Å². The number of carbonyl (C=O) groups is 1. The Hall–Kier alpha value is -0.930. The molecule has 76 valence electrons. The molecule has 0 radical (unpaired) electrons. The van der Waals surface area contributed by atoms with Crippen molar-refractivity contribution in [2.45, 2.75) is 6.92 Å². The number of ketones is 1. The van der Waals surface area contributed by atoms with Gasteiger partial charge in [0.15, 0.2) is 5.78 Å². The molecule has 14 heavy (non-hydrogen) atoms. The van der Waals surface area contributed by atoms with E-state index in [9.17, 15) is 9.18 Å². The Bertz CT molecular complexity index is 365. The van der Waals surface area contributed by atoms with E-state index in [1.165, 1.54) is 12.1 Å². The summed E-state index contributed by atoms with van der Waals surface area (Å²) < 4.78 is 13.3. The third-order valence-electron chi connectivity index (χ3n) is 1.96. The molecule has 0 saturated heterocycles. The minimum atomic E-state index is -0.521. The average molecular weight is 216 g/mol.